The first-order chi connectivity index (χ1) is 7.63. The Balaban J connectivity index is 0.00000106. The van der Waals surface area contributed by atoms with Gasteiger partial charge in [0.25, 0.3) is 0 Å². The third-order valence-corrected chi connectivity index (χ3v) is 2.10. The van der Waals surface area contributed by atoms with Gasteiger partial charge in [-0.2, -0.15) is 5.10 Å². The van der Waals surface area contributed by atoms with Crippen molar-refractivity contribution in [1.29, 1.82) is 0 Å². The van der Waals surface area contributed by atoms with E-state index >= 15 is 0 Å². The molecule has 0 radical (unpaired) electrons. The molecule has 0 fully saturated rings. The number of rotatable bonds is 3. The van der Waals surface area contributed by atoms with Gasteiger partial charge < -0.3 is 0 Å². The molecule has 0 aromatic carbocycles. The minimum absolute atomic E-state index is 0.484. The van der Waals surface area contributed by atoms with Gasteiger partial charge in [0, 0.05) is 6.20 Å². The van der Waals surface area contributed by atoms with Crippen molar-refractivity contribution in [2.24, 2.45) is 5.10 Å². The normalized spacial score (nSPS) is 15.6. The van der Waals surface area contributed by atoms with Crippen LogP contribution in [-0.4, -0.2) is 10.2 Å². The van der Waals surface area contributed by atoms with Crippen LogP contribution in [0.3, 0.4) is 0 Å². The molecule has 0 atom stereocenters. The summed E-state index contributed by atoms with van der Waals surface area (Å²) in [7, 11) is 0. The van der Waals surface area contributed by atoms with Crippen LogP contribution < -0.4 is 0 Å². The summed E-state index contributed by atoms with van der Waals surface area (Å²) in [5, 5.41) is 6.34. The van der Waals surface area contributed by atoms with Crippen LogP contribution in [0, 0.1) is 0 Å². The first kappa shape index (κ1) is 15.0. The highest BCUT2D eigenvalue weighted by atomic mass is 35.5. The van der Waals surface area contributed by atoms with Gasteiger partial charge in [-0.3, -0.25) is 0 Å². The molecule has 16 heavy (non-hydrogen) atoms. The van der Waals surface area contributed by atoms with Gasteiger partial charge in [0.05, 0.1) is 5.70 Å². The lowest BCUT2D eigenvalue weighted by molar-refractivity contribution is 0.507. The number of halogens is 1. The number of hydrazone groups is 1. The topological polar surface area (TPSA) is 15.6 Å². The Kier molecular flexibility index (Phi) is 7.65. The van der Waals surface area contributed by atoms with E-state index in [-0.39, 0.29) is 0 Å². The third kappa shape index (κ3) is 5.17. The molecule has 0 bridgehead atoms. The first-order valence-corrected chi connectivity index (χ1v) is 6.09. The minimum atomic E-state index is 0.484. The Morgan fingerprint density at radius 3 is 2.69 bits per heavy atom. The molecule has 1 rings (SSSR count). The molecule has 90 valence electrons. The second-order valence-electron chi connectivity index (χ2n) is 3.32. The largest absolute Gasteiger partial charge is 0.240 e. The van der Waals surface area contributed by atoms with Crippen LogP contribution in [0.25, 0.3) is 0 Å². The zero-order valence-corrected chi connectivity index (χ0v) is 11.4. The number of allylic oxidation sites excluding steroid dienone is 3. The van der Waals surface area contributed by atoms with Crippen LogP contribution in [0.2, 0.25) is 0 Å². The minimum Gasteiger partial charge on any atom is -0.240 e. The third-order valence-electron chi connectivity index (χ3n) is 1.90. The Labute approximate surface area is 104 Å². The molecule has 0 unspecified atom stereocenters. The molecule has 0 aliphatic carbocycles. The molecule has 0 spiro atoms. The van der Waals surface area contributed by atoms with E-state index in [1.54, 1.807) is 11.1 Å². The summed E-state index contributed by atoms with van der Waals surface area (Å²) in [4.78, 5) is 0. The molecular weight excluding hydrogens is 220 g/mol. The van der Waals surface area contributed by atoms with Gasteiger partial charge in [-0.05, 0) is 25.5 Å². The van der Waals surface area contributed by atoms with E-state index in [1.165, 1.54) is 5.57 Å². The molecule has 1 heterocycles. The van der Waals surface area contributed by atoms with Crippen molar-refractivity contribution in [3.8, 4) is 0 Å². The molecule has 0 saturated heterocycles. The van der Waals surface area contributed by atoms with Crippen molar-refractivity contribution in [3.05, 3.63) is 36.2 Å². The van der Waals surface area contributed by atoms with E-state index in [2.05, 4.69) is 25.5 Å². The fraction of sp³-hybridized carbons (Fsp3) is 0.462. The van der Waals surface area contributed by atoms with E-state index in [0.717, 1.165) is 18.5 Å². The summed E-state index contributed by atoms with van der Waals surface area (Å²) in [5.41, 5.74) is 2.11. The summed E-state index contributed by atoms with van der Waals surface area (Å²) in [6, 6.07) is 0. The van der Waals surface area contributed by atoms with Crippen molar-refractivity contribution >= 4 is 16.8 Å². The molecule has 0 saturated carbocycles. The highest BCUT2D eigenvalue weighted by molar-refractivity contribution is 6.68. The van der Waals surface area contributed by atoms with Gasteiger partial charge in [-0.25, -0.2) is 5.01 Å². The van der Waals surface area contributed by atoms with E-state index in [4.69, 9.17) is 11.6 Å². The van der Waals surface area contributed by atoms with Crippen LogP contribution in [0.4, 0.5) is 0 Å². The molecule has 0 aromatic heterocycles. The smallest absolute Gasteiger partial charge is 0.150 e. The molecular formula is C13H21ClN2. The van der Waals surface area contributed by atoms with Crippen molar-refractivity contribution < 1.29 is 0 Å². The zero-order chi connectivity index (χ0) is 12.6. The van der Waals surface area contributed by atoms with Crippen LogP contribution in [-0.2, 0) is 0 Å². The van der Waals surface area contributed by atoms with Gasteiger partial charge in [-0.1, -0.05) is 50.9 Å². The van der Waals surface area contributed by atoms with E-state index in [9.17, 15) is 0 Å². The molecule has 1 aliphatic heterocycles. The predicted octanol–water partition coefficient (Wildman–Crippen LogP) is 4.65. The van der Waals surface area contributed by atoms with E-state index in [0.29, 0.717) is 5.17 Å². The Morgan fingerprint density at radius 1 is 1.50 bits per heavy atom. The fourth-order valence-corrected chi connectivity index (χ4v) is 1.37. The number of hydrogen-bond acceptors (Lipinski definition) is 2. The maximum atomic E-state index is 5.79. The quantitative estimate of drug-likeness (QED) is 0.701. The zero-order valence-electron chi connectivity index (χ0n) is 10.6. The van der Waals surface area contributed by atoms with Crippen molar-refractivity contribution in [1.82, 2.24) is 5.01 Å². The molecule has 0 N–H and O–H groups in total. The second-order valence-corrected chi connectivity index (χ2v) is 3.70. The van der Waals surface area contributed by atoms with Gasteiger partial charge >= 0.3 is 0 Å². The predicted molar refractivity (Wildman–Crippen MR) is 73.4 cm³/mol. The maximum absolute atomic E-state index is 5.79. The fourth-order valence-electron chi connectivity index (χ4n) is 1.22. The molecule has 1 aliphatic rings. The van der Waals surface area contributed by atoms with Gasteiger partial charge in [-0.15, -0.1) is 0 Å². The SMILES string of the molecule is C=C1C=CC(Cl)=NN1/C=C(/C)CCC.CC. The van der Waals surface area contributed by atoms with E-state index in [1.807, 2.05) is 26.1 Å². The Bertz CT molecular complexity index is 314. The second kappa shape index (κ2) is 8.17. The number of nitrogens with zero attached hydrogens (tertiary/aromatic N) is 2. The molecule has 0 aromatic rings. The maximum Gasteiger partial charge on any atom is 0.150 e. The lowest BCUT2D eigenvalue weighted by Gasteiger charge is -2.18. The van der Waals surface area contributed by atoms with Crippen molar-refractivity contribution in [3.63, 3.8) is 0 Å². The standard InChI is InChI=1S/C11H15ClN2.C2H6/c1-4-5-9(2)8-14-10(3)6-7-11(12)13-14;1-2/h6-8H,3-5H2,1-2H3;1-2H3/b9-8-;. The monoisotopic (exact) mass is 240 g/mol. The number of hydrogen-bond donors (Lipinski definition) is 0. The highest BCUT2D eigenvalue weighted by Crippen LogP contribution is 2.15. The average Bonchev–Trinajstić information content (AvgIpc) is 2.27. The van der Waals surface area contributed by atoms with Crippen molar-refractivity contribution in [2.75, 3.05) is 0 Å². The van der Waals surface area contributed by atoms with Gasteiger partial charge in [0.2, 0.25) is 0 Å². The summed E-state index contributed by atoms with van der Waals surface area (Å²) < 4.78 is 0. The highest BCUT2D eigenvalue weighted by Gasteiger charge is 2.06. The molecule has 3 heteroatoms. The molecule has 2 nitrogen and oxygen atoms in total. The van der Waals surface area contributed by atoms with Crippen molar-refractivity contribution in [2.45, 2.75) is 40.5 Å². The average molecular weight is 241 g/mol. The van der Waals surface area contributed by atoms with Crippen LogP contribution in [0.15, 0.2) is 41.3 Å². The molecule has 0 amide bonds. The Hall–Kier alpha value is -1.02. The van der Waals surface area contributed by atoms with Crippen LogP contribution in [0.5, 0.6) is 0 Å². The summed E-state index contributed by atoms with van der Waals surface area (Å²) in [5.74, 6) is 0. The lowest BCUT2D eigenvalue weighted by atomic mass is 10.2. The summed E-state index contributed by atoms with van der Waals surface area (Å²) in [6.07, 6.45) is 7.77. The summed E-state index contributed by atoms with van der Waals surface area (Å²) >= 11 is 5.79. The lowest BCUT2D eigenvalue weighted by Crippen LogP contribution is -2.12. The van der Waals surface area contributed by atoms with Gasteiger partial charge in [0.1, 0.15) is 5.17 Å². The first-order valence-electron chi connectivity index (χ1n) is 5.71. The summed E-state index contributed by atoms with van der Waals surface area (Å²) in [6.45, 7) is 12.1. The van der Waals surface area contributed by atoms with Gasteiger partial charge in [0.15, 0.2) is 0 Å². The van der Waals surface area contributed by atoms with Crippen LogP contribution in [0.1, 0.15) is 40.5 Å². The Morgan fingerprint density at radius 2 is 2.12 bits per heavy atom. The van der Waals surface area contributed by atoms with Crippen LogP contribution >= 0.6 is 11.6 Å². The van der Waals surface area contributed by atoms with E-state index < -0.39 is 0 Å².